The maximum Gasteiger partial charge on any atom is 0.354 e. The highest BCUT2D eigenvalue weighted by atomic mass is 127. The molecule has 1 aromatic heterocycles. The van der Waals surface area contributed by atoms with Crippen molar-refractivity contribution in [3.05, 3.63) is 26.5 Å². The molecule has 0 aliphatic carbocycles. The lowest BCUT2D eigenvalue weighted by Gasteiger charge is -1.91. The molecule has 0 saturated heterocycles. The third kappa shape index (κ3) is 1.25. The average molecular weight is 253 g/mol. The number of H-pyrrole nitrogens is 1. The van der Waals surface area contributed by atoms with E-state index in [9.17, 15) is 9.59 Å². The Bertz CT molecular complexity index is 321. The van der Waals surface area contributed by atoms with Crippen LogP contribution in [0, 0.1) is 6.92 Å². The molecular weight excluding hydrogens is 249 g/mol. The van der Waals surface area contributed by atoms with E-state index >= 15 is 0 Å². The molecule has 1 N–H and O–H groups in total. The first-order valence-electron chi connectivity index (χ1n) is 2.47. The van der Waals surface area contributed by atoms with Crippen LogP contribution in [0.3, 0.4) is 0 Å². The molecule has 0 aliphatic rings. The Hall–Kier alpha value is -0.660. The zero-order chi connectivity index (χ0) is 7.72. The second kappa shape index (κ2) is 2.52. The Kier molecular flexibility index (Phi) is 1.88. The predicted molar refractivity (Wildman–Crippen MR) is 43.3 cm³/mol. The maximum absolute atomic E-state index is 10.7. The molecule has 1 rings (SSSR count). The molecule has 5 nitrogen and oxygen atoms in total. The highest BCUT2D eigenvalue weighted by molar-refractivity contribution is 14.1. The summed E-state index contributed by atoms with van der Waals surface area (Å²) in [5, 5.41) is 3.62. The molecule has 6 heteroatoms. The fourth-order valence-corrected chi connectivity index (χ4v) is 0.900. The topological polar surface area (TPSA) is 67.8 Å². The molecule has 0 unspecified atom stereocenters. The summed E-state index contributed by atoms with van der Waals surface area (Å²) in [6.45, 7) is 1.54. The van der Waals surface area contributed by atoms with Crippen molar-refractivity contribution >= 4 is 22.9 Å². The van der Waals surface area contributed by atoms with Crippen LogP contribution in [-0.4, -0.2) is 13.0 Å². The van der Waals surface area contributed by atoms with E-state index in [2.05, 4.69) is 10.1 Å². The lowest BCUT2D eigenvalue weighted by atomic mass is 10.5. The summed E-state index contributed by atoms with van der Waals surface area (Å²) in [6, 6.07) is 0. The fourth-order valence-electron chi connectivity index (χ4n) is 0.456. The van der Waals surface area contributed by atoms with Crippen molar-refractivity contribution in [2.24, 2.45) is 0 Å². The molecule has 0 amide bonds. The monoisotopic (exact) mass is 253 g/mol. The first-order chi connectivity index (χ1) is 4.61. The van der Waals surface area contributed by atoms with Gasteiger partial charge in [0.2, 0.25) is 0 Å². The highest BCUT2D eigenvalue weighted by Gasteiger charge is 1.96. The van der Waals surface area contributed by atoms with Gasteiger partial charge in [0.15, 0.2) is 0 Å². The minimum Gasteiger partial charge on any atom is -0.271 e. The number of hydrogen-bond donors (Lipinski definition) is 1. The number of nitrogens with zero attached hydrogens (tertiary/aromatic N) is 2. The zero-order valence-corrected chi connectivity index (χ0v) is 7.25. The number of hydrogen-bond acceptors (Lipinski definition) is 3. The second-order valence-corrected chi connectivity index (χ2v) is 2.62. The van der Waals surface area contributed by atoms with Crippen molar-refractivity contribution in [3.63, 3.8) is 0 Å². The third-order valence-electron chi connectivity index (χ3n) is 0.954. The van der Waals surface area contributed by atoms with E-state index in [1.165, 1.54) is 6.92 Å². The maximum atomic E-state index is 10.7. The summed E-state index contributed by atoms with van der Waals surface area (Å²) in [5.74, 6) is 0. The Labute approximate surface area is 69.6 Å². The van der Waals surface area contributed by atoms with Gasteiger partial charge in [-0.25, -0.2) is 4.79 Å². The van der Waals surface area contributed by atoms with E-state index in [4.69, 9.17) is 0 Å². The summed E-state index contributed by atoms with van der Waals surface area (Å²) >= 11 is 1.69. The van der Waals surface area contributed by atoms with E-state index in [-0.39, 0.29) is 5.69 Å². The Morgan fingerprint density at radius 1 is 1.60 bits per heavy atom. The molecule has 10 heavy (non-hydrogen) atoms. The van der Waals surface area contributed by atoms with Crippen molar-refractivity contribution in [3.8, 4) is 0 Å². The van der Waals surface area contributed by atoms with Crippen molar-refractivity contribution < 1.29 is 0 Å². The molecule has 0 saturated carbocycles. The van der Waals surface area contributed by atoms with E-state index in [1.807, 2.05) is 0 Å². The number of aryl methyl sites for hydroxylation is 1. The van der Waals surface area contributed by atoms with Crippen molar-refractivity contribution in [1.29, 1.82) is 0 Å². The van der Waals surface area contributed by atoms with Crippen molar-refractivity contribution in [1.82, 2.24) is 13.0 Å². The van der Waals surface area contributed by atoms with Crippen LogP contribution >= 0.6 is 22.9 Å². The SMILES string of the molecule is Cc1nn(I)c(=O)[nH]c1=O. The quantitative estimate of drug-likeness (QED) is 0.630. The molecule has 1 aromatic rings. The first kappa shape index (κ1) is 7.45. The Morgan fingerprint density at radius 3 is 2.70 bits per heavy atom. The summed E-state index contributed by atoms with van der Waals surface area (Å²) in [6.07, 6.45) is 0. The second-order valence-electron chi connectivity index (χ2n) is 1.70. The zero-order valence-electron chi connectivity index (χ0n) is 5.09. The molecule has 0 spiro atoms. The Balaban J connectivity index is 3.59. The van der Waals surface area contributed by atoms with Crippen LogP contribution < -0.4 is 11.2 Å². The van der Waals surface area contributed by atoms with Gasteiger partial charge in [-0.3, -0.25) is 9.78 Å². The largest absolute Gasteiger partial charge is 0.354 e. The van der Waals surface area contributed by atoms with Gasteiger partial charge in [0.1, 0.15) is 5.69 Å². The van der Waals surface area contributed by atoms with Gasteiger partial charge >= 0.3 is 5.69 Å². The van der Waals surface area contributed by atoms with Crippen LogP contribution in [0.4, 0.5) is 0 Å². The standard InChI is InChI=1S/C4H4IN3O2/c1-2-3(9)6-4(10)8(5)7-2/h1H3,(H,6,9,10). The normalized spacial score (nSPS) is 9.80. The van der Waals surface area contributed by atoms with Gasteiger partial charge in [0.05, 0.1) is 22.9 Å². The lowest BCUT2D eigenvalue weighted by Crippen LogP contribution is -2.29. The summed E-state index contributed by atoms with van der Waals surface area (Å²) in [4.78, 5) is 23.4. The molecule has 0 aliphatic heterocycles. The van der Waals surface area contributed by atoms with E-state index < -0.39 is 11.2 Å². The smallest absolute Gasteiger partial charge is 0.271 e. The van der Waals surface area contributed by atoms with Gasteiger partial charge in [-0.2, -0.15) is 7.99 Å². The van der Waals surface area contributed by atoms with Gasteiger partial charge < -0.3 is 0 Å². The lowest BCUT2D eigenvalue weighted by molar-refractivity contribution is 0.832. The van der Waals surface area contributed by atoms with Crippen LogP contribution in [0.1, 0.15) is 5.69 Å². The summed E-state index contributed by atoms with van der Waals surface area (Å²) < 4.78 is 1.05. The van der Waals surface area contributed by atoms with Crippen LogP contribution in [0.2, 0.25) is 0 Å². The first-order valence-corrected chi connectivity index (χ1v) is 3.44. The number of halogens is 1. The number of nitrogens with one attached hydrogen (secondary N) is 1. The molecule has 0 fully saturated rings. The summed E-state index contributed by atoms with van der Waals surface area (Å²) in [5.41, 5.74) is -0.650. The number of aromatic amines is 1. The third-order valence-corrected chi connectivity index (χ3v) is 1.61. The van der Waals surface area contributed by atoms with Gasteiger partial charge in [-0.1, -0.05) is 0 Å². The predicted octanol–water partition coefficient (Wildman–Crippen LogP) is -0.562. The fraction of sp³-hybridized carbons (Fsp3) is 0.250. The van der Waals surface area contributed by atoms with Gasteiger partial charge in [0.25, 0.3) is 5.56 Å². The van der Waals surface area contributed by atoms with E-state index in [0.717, 1.165) is 2.90 Å². The van der Waals surface area contributed by atoms with E-state index in [1.54, 1.807) is 22.9 Å². The van der Waals surface area contributed by atoms with Crippen molar-refractivity contribution in [2.45, 2.75) is 6.92 Å². The minimum atomic E-state index is -0.504. The van der Waals surface area contributed by atoms with E-state index in [0.29, 0.717) is 0 Å². The van der Waals surface area contributed by atoms with Crippen LogP contribution in [0.15, 0.2) is 9.59 Å². The van der Waals surface area contributed by atoms with Crippen molar-refractivity contribution in [2.75, 3.05) is 0 Å². The molecule has 0 bridgehead atoms. The van der Waals surface area contributed by atoms with Gasteiger partial charge in [-0.15, -0.1) is 0 Å². The number of aromatic nitrogens is 3. The highest BCUT2D eigenvalue weighted by Crippen LogP contribution is 1.79. The summed E-state index contributed by atoms with van der Waals surface area (Å²) in [7, 11) is 0. The molecule has 1 heterocycles. The average Bonchev–Trinajstić information content (AvgIpc) is 1.84. The van der Waals surface area contributed by atoms with Crippen LogP contribution in [-0.2, 0) is 0 Å². The van der Waals surface area contributed by atoms with Crippen LogP contribution in [0.25, 0.3) is 0 Å². The molecule has 0 atom stereocenters. The Morgan fingerprint density at radius 2 is 2.20 bits per heavy atom. The van der Waals surface area contributed by atoms with Gasteiger partial charge in [0, 0.05) is 0 Å². The molecular formula is C4H4IN3O2. The molecule has 0 radical (unpaired) electrons. The molecule has 0 aromatic carbocycles. The molecule has 54 valence electrons. The van der Waals surface area contributed by atoms with Crippen LogP contribution in [0.5, 0.6) is 0 Å². The van der Waals surface area contributed by atoms with Gasteiger partial charge in [-0.05, 0) is 6.92 Å². The minimum absolute atomic E-state index is 0.286. The number of rotatable bonds is 0.